The van der Waals surface area contributed by atoms with Crippen molar-refractivity contribution in [1.29, 1.82) is 0 Å². The van der Waals surface area contributed by atoms with E-state index in [9.17, 15) is 23.2 Å². The number of methoxy groups -OCH3 is 1. The molecular formula is C23H22ClF2N5O4. The van der Waals surface area contributed by atoms with Gasteiger partial charge in [0.05, 0.1) is 24.0 Å². The first-order chi connectivity index (χ1) is 16.7. The third kappa shape index (κ3) is 5.09. The average Bonchev–Trinajstić information content (AvgIpc) is 3.24. The van der Waals surface area contributed by atoms with Crippen molar-refractivity contribution in [1.82, 2.24) is 19.9 Å². The number of fused-ring (bicyclic) bond motifs is 1. The minimum atomic E-state index is -0.947. The molecule has 2 N–H and O–H groups in total. The number of halogens is 3. The van der Waals surface area contributed by atoms with Gasteiger partial charge in [-0.1, -0.05) is 11.6 Å². The Balaban J connectivity index is 1.39. The minimum Gasteiger partial charge on any atom is -0.464 e. The molecule has 0 saturated heterocycles. The summed E-state index contributed by atoms with van der Waals surface area (Å²) in [6.45, 7) is 1.69. The van der Waals surface area contributed by atoms with E-state index in [-0.39, 0.29) is 33.7 Å². The number of hydrogen-bond donors (Lipinski definition) is 2. The largest absolute Gasteiger partial charge is 0.464 e. The monoisotopic (exact) mass is 505 g/mol. The zero-order chi connectivity index (χ0) is 25.3. The van der Waals surface area contributed by atoms with Gasteiger partial charge >= 0.3 is 5.97 Å². The first-order valence-electron chi connectivity index (χ1n) is 10.9. The molecule has 3 aromatic rings. The molecule has 2 heterocycles. The van der Waals surface area contributed by atoms with E-state index in [2.05, 4.69) is 20.7 Å². The van der Waals surface area contributed by atoms with Gasteiger partial charge in [-0.05, 0) is 44.7 Å². The Kier molecular flexibility index (Phi) is 6.97. The van der Waals surface area contributed by atoms with Crippen LogP contribution in [0.5, 0.6) is 0 Å². The fourth-order valence-electron chi connectivity index (χ4n) is 4.14. The lowest BCUT2D eigenvalue weighted by Gasteiger charge is -2.28. The Morgan fingerprint density at radius 1 is 1.14 bits per heavy atom. The highest BCUT2D eigenvalue weighted by Crippen LogP contribution is 2.30. The number of esters is 1. The normalized spacial score (nSPS) is 17.7. The highest BCUT2D eigenvalue weighted by atomic mass is 35.5. The summed E-state index contributed by atoms with van der Waals surface area (Å²) in [5, 5.41) is 9.26. The zero-order valence-electron chi connectivity index (χ0n) is 18.9. The summed E-state index contributed by atoms with van der Waals surface area (Å²) < 4.78 is 33.2. The Labute approximate surface area is 203 Å². The molecule has 0 aliphatic heterocycles. The molecule has 1 saturated carbocycles. The standard InChI is InChI=1S/C23H22ClF2N5O4/c1-11-7-18(23(34)35-2)31-20(28-11)15(10-27-31)22(33)29-14-5-3-12(4-6-14)21(32)30-19-16(24)8-13(25)9-17(19)26/h7-10,12,14H,3-6H2,1-2H3,(H,29,33)(H,30,32)/t12-,14-. The van der Waals surface area contributed by atoms with Crippen molar-refractivity contribution in [2.75, 3.05) is 12.4 Å². The summed E-state index contributed by atoms with van der Waals surface area (Å²) in [6, 6.07) is 2.90. The van der Waals surface area contributed by atoms with Crippen molar-refractivity contribution in [3.05, 3.63) is 58.0 Å². The van der Waals surface area contributed by atoms with Gasteiger partial charge in [-0.2, -0.15) is 5.10 Å². The summed E-state index contributed by atoms with van der Waals surface area (Å²) in [4.78, 5) is 41.9. The molecule has 1 aliphatic rings. The van der Waals surface area contributed by atoms with Crippen LogP contribution in [0.3, 0.4) is 0 Å². The summed E-state index contributed by atoms with van der Waals surface area (Å²) in [5.41, 5.74) is 0.861. The number of hydrogen-bond acceptors (Lipinski definition) is 6. The number of aryl methyl sites for hydroxylation is 1. The molecule has 184 valence electrons. The van der Waals surface area contributed by atoms with Crippen LogP contribution in [0.4, 0.5) is 14.5 Å². The van der Waals surface area contributed by atoms with E-state index in [0.29, 0.717) is 37.4 Å². The molecule has 1 fully saturated rings. The summed E-state index contributed by atoms with van der Waals surface area (Å²) >= 11 is 5.85. The average molecular weight is 506 g/mol. The maximum atomic E-state index is 14.0. The Bertz CT molecular complexity index is 1300. The predicted octanol–water partition coefficient (Wildman–Crippen LogP) is 3.68. The molecule has 9 nitrogen and oxygen atoms in total. The molecule has 4 rings (SSSR count). The lowest BCUT2D eigenvalue weighted by molar-refractivity contribution is -0.120. The number of nitrogens with zero attached hydrogens (tertiary/aromatic N) is 3. The molecule has 0 atom stereocenters. The number of nitrogens with one attached hydrogen (secondary N) is 2. The predicted molar refractivity (Wildman–Crippen MR) is 122 cm³/mol. The second-order valence-electron chi connectivity index (χ2n) is 8.32. The second-order valence-corrected chi connectivity index (χ2v) is 8.73. The number of rotatable bonds is 5. The van der Waals surface area contributed by atoms with Crippen LogP contribution in [0.25, 0.3) is 5.65 Å². The first-order valence-corrected chi connectivity index (χ1v) is 11.3. The number of anilines is 1. The molecule has 12 heteroatoms. The van der Waals surface area contributed by atoms with E-state index in [1.807, 2.05) is 0 Å². The highest BCUT2D eigenvalue weighted by Gasteiger charge is 2.29. The van der Waals surface area contributed by atoms with Gasteiger partial charge in [0.25, 0.3) is 5.91 Å². The van der Waals surface area contributed by atoms with Gasteiger partial charge in [0, 0.05) is 23.7 Å². The Morgan fingerprint density at radius 3 is 2.51 bits per heavy atom. The van der Waals surface area contributed by atoms with Crippen molar-refractivity contribution >= 4 is 40.7 Å². The smallest absolute Gasteiger partial charge is 0.356 e. The van der Waals surface area contributed by atoms with Crippen LogP contribution in [0, 0.1) is 24.5 Å². The number of amides is 2. The van der Waals surface area contributed by atoms with Gasteiger partial charge in [-0.15, -0.1) is 0 Å². The number of benzene rings is 1. The lowest BCUT2D eigenvalue weighted by atomic mass is 9.85. The molecule has 0 radical (unpaired) electrons. The van der Waals surface area contributed by atoms with Crippen molar-refractivity contribution in [3.63, 3.8) is 0 Å². The van der Waals surface area contributed by atoms with E-state index in [1.54, 1.807) is 6.92 Å². The van der Waals surface area contributed by atoms with E-state index in [0.717, 1.165) is 6.07 Å². The molecule has 2 aromatic heterocycles. The minimum absolute atomic E-state index is 0.151. The first kappa shape index (κ1) is 24.5. The summed E-state index contributed by atoms with van der Waals surface area (Å²) in [6.07, 6.45) is 3.28. The van der Waals surface area contributed by atoms with Crippen LogP contribution in [0.15, 0.2) is 24.4 Å². The van der Waals surface area contributed by atoms with Gasteiger partial charge in [0.1, 0.15) is 11.4 Å². The fourth-order valence-corrected chi connectivity index (χ4v) is 4.39. The third-order valence-corrected chi connectivity index (χ3v) is 6.23. The van der Waals surface area contributed by atoms with Crippen LogP contribution in [-0.4, -0.2) is 45.5 Å². The van der Waals surface area contributed by atoms with E-state index in [4.69, 9.17) is 16.3 Å². The number of aromatic nitrogens is 3. The molecular weight excluding hydrogens is 484 g/mol. The van der Waals surface area contributed by atoms with Gasteiger partial charge in [0.15, 0.2) is 17.2 Å². The Hall–Kier alpha value is -3.60. The number of ether oxygens (including phenoxy) is 1. The number of carbonyl (C=O) groups is 3. The van der Waals surface area contributed by atoms with Crippen LogP contribution < -0.4 is 10.6 Å². The second kappa shape index (κ2) is 9.95. The molecule has 0 unspecified atom stereocenters. The van der Waals surface area contributed by atoms with Gasteiger partial charge < -0.3 is 15.4 Å². The van der Waals surface area contributed by atoms with E-state index < -0.39 is 35.3 Å². The molecule has 35 heavy (non-hydrogen) atoms. The van der Waals surface area contributed by atoms with Crippen LogP contribution in [0.1, 0.15) is 52.2 Å². The van der Waals surface area contributed by atoms with E-state index in [1.165, 1.54) is 23.9 Å². The van der Waals surface area contributed by atoms with Crippen molar-refractivity contribution in [2.45, 2.75) is 38.6 Å². The highest BCUT2D eigenvalue weighted by molar-refractivity contribution is 6.33. The zero-order valence-corrected chi connectivity index (χ0v) is 19.7. The topological polar surface area (TPSA) is 115 Å². The SMILES string of the molecule is COC(=O)c1cc(C)nc2c(C(=O)N[C@H]3CC[C@H](C(=O)Nc4c(F)cc(F)cc4Cl)CC3)cnn12. The maximum absolute atomic E-state index is 14.0. The molecule has 0 spiro atoms. The molecule has 2 amide bonds. The fraction of sp³-hybridized carbons (Fsp3) is 0.348. The maximum Gasteiger partial charge on any atom is 0.356 e. The molecule has 1 aliphatic carbocycles. The quantitative estimate of drug-likeness (QED) is 0.511. The van der Waals surface area contributed by atoms with Crippen molar-refractivity contribution < 1.29 is 27.9 Å². The summed E-state index contributed by atoms with van der Waals surface area (Å²) in [7, 11) is 1.25. The van der Waals surface area contributed by atoms with Crippen molar-refractivity contribution in [3.8, 4) is 0 Å². The van der Waals surface area contributed by atoms with Gasteiger partial charge in [-0.3, -0.25) is 9.59 Å². The molecule has 1 aromatic carbocycles. The summed E-state index contributed by atoms with van der Waals surface area (Å²) in [5.74, 6) is -3.61. The van der Waals surface area contributed by atoms with Gasteiger partial charge in [-0.25, -0.2) is 23.1 Å². The van der Waals surface area contributed by atoms with Crippen LogP contribution >= 0.6 is 11.6 Å². The molecule has 0 bridgehead atoms. The van der Waals surface area contributed by atoms with Gasteiger partial charge in [0.2, 0.25) is 5.91 Å². The van der Waals surface area contributed by atoms with E-state index >= 15 is 0 Å². The van der Waals surface area contributed by atoms with Crippen molar-refractivity contribution in [2.24, 2.45) is 5.92 Å². The third-order valence-electron chi connectivity index (χ3n) is 5.93. The van der Waals surface area contributed by atoms with Crippen LogP contribution in [0.2, 0.25) is 5.02 Å². The lowest BCUT2D eigenvalue weighted by Crippen LogP contribution is -2.39. The van der Waals surface area contributed by atoms with Crippen LogP contribution in [-0.2, 0) is 9.53 Å². The Morgan fingerprint density at radius 2 is 1.86 bits per heavy atom. The number of carbonyl (C=O) groups excluding carboxylic acids is 3.